The zero-order chi connectivity index (χ0) is 11.5. The minimum absolute atomic E-state index is 0.924. The first-order valence-electron chi connectivity index (χ1n) is 5.56. The highest BCUT2D eigenvalue weighted by Crippen LogP contribution is 2.29. The molecule has 1 saturated heterocycles. The molecule has 0 N–H and O–H groups in total. The Labute approximate surface area is 108 Å². The molecule has 0 aromatic heterocycles. The van der Waals surface area contributed by atoms with Crippen molar-refractivity contribution in [2.75, 3.05) is 24.2 Å². The molecular formula is C12H16BrNOS. The van der Waals surface area contributed by atoms with E-state index in [1.54, 1.807) is 6.26 Å². The van der Waals surface area contributed by atoms with Gasteiger partial charge in [-0.15, -0.1) is 0 Å². The van der Waals surface area contributed by atoms with Crippen LogP contribution in [0.5, 0.6) is 0 Å². The molecule has 1 aliphatic heterocycles. The van der Waals surface area contributed by atoms with E-state index in [1.165, 1.54) is 19.3 Å². The number of benzene rings is 1. The van der Waals surface area contributed by atoms with Crippen LogP contribution < -0.4 is 4.90 Å². The van der Waals surface area contributed by atoms with Crippen LogP contribution in [0.2, 0.25) is 0 Å². The summed E-state index contributed by atoms with van der Waals surface area (Å²) in [6, 6.07) is 6.08. The van der Waals surface area contributed by atoms with Crippen LogP contribution >= 0.6 is 15.9 Å². The third-order valence-corrected chi connectivity index (χ3v) is 4.37. The van der Waals surface area contributed by atoms with E-state index in [4.69, 9.17) is 0 Å². The molecule has 0 spiro atoms. The van der Waals surface area contributed by atoms with Gasteiger partial charge in [0.1, 0.15) is 0 Å². The fourth-order valence-electron chi connectivity index (χ4n) is 2.11. The summed E-state index contributed by atoms with van der Waals surface area (Å²) in [5, 5.41) is 0. The van der Waals surface area contributed by atoms with Gasteiger partial charge in [0, 0.05) is 23.8 Å². The lowest BCUT2D eigenvalue weighted by Gasteiger charge is -2.30. The summed E-state index contributed by atoms with van der Waals surface area (Å²) in [4.78, 5) is 3.29. The van der Waals surface area contributed by atoms with Gasteiger partial charge in [0.25, 0.3) is 0 Å². The lowest BCUT2D eigenvalue weighted by Crippen LogP contribution is -2.30. The van der Waals surface area contributed by atoms with Crippen LogP contribution in [-0.2, 0) is 10.8 Å². The Bertz CT molecular complexity index is 402. The zero-order valence-corrected chi connectivity index (χ0v) is 11.8. The van der Waals surface area contributed by atoms with Crippen LogP contribution in [0.4, 0.5) is 5.69 Å². The first-order valence-corrected chi connectivity index (χ1v) is 7.91. The highest BCUT2D eigenvalue weighted by Gasteiger charge is 2.16. The number of hydrogen-bond donors (Lipinski definition) is 0. The number of nitrogens with zero attached hydrogens (tertiary/aromatic N) is 1. The average Bonchev–Trinajstić information content (AvgIpc) is 2.30. The van der Waals surface area contributed by atoms with Crippen molar-refractivity contribution in [3.63, 3.8) is 0 Å². The Morgan fingerprint density at radius 3 is 2.56 bits per heavy atom. The number of anilines is 1. The Kier molecular flexibility index (Phi) is 4.03. The summed E-state index contributed by atoms with van der Waals surface area (Å²) < 4.78 is 12.7. The fourth-order valence-corrected chi connectivity index (χ4v) is 3.41. The standard InChI is InChI=1S/C12H16BrNOS/c1-16(15)12-9-10(13)5-6-11(12)14-7-3-2-4-8-14/h5-6,9H,2-4,7-8H2,1H3. The van der Waals surface area contributed by atoms with Crippen molar-refractivity contribution in [3.05, 3.63) is 22.7 Å². The fraction of sp³-hybridized carbons (Fsp3) is 0.500. The largest absolute Gasteiger partial charge is 0.371 e. The van der Waals surface area contributed by atoms with E-state index in [0.717, 1.165) is 28.1 Å². The SMILES string of the molecule is CS(=O)c1cc(Br)ccc1N1CCCCC1. The summed E-state index contributed by atoms with van der Waals surface area (Å²) in [5.74, 6) is 0. The van der Waals surface area contributed by atoms with E-state index in [-0.39, 0.29) is 0 Å². The number of rotatable bonds is 2. The van der Waals surface area contributed by atoms with Gasteiger partial charge in [-0.05, 0) is 37.5 Å². The molecule has 2 nitrogen and oxygen atoms in total. The second-order valence-electron chi connectivity index (χ2n) is 4.11. The van der Waals surface area contributed by atoms with Gasteiger partial charge in [-0.25, -0.2) is 0 Å². The van der Waals surface area contributed by atoms with Gasteiger partial charge in [-0.3, -0.25) is 4.21 Å². The number of piperidine rings is 1. The molecule has 0 radical (unpaired) electrons. The van der Waals surface area contributed by atoms with Crippen molar-refractivity contribution < 1.29 is 4.21 Å². The average molecular weight is 302 g/mol. The van der Waals surface area contributed by atoms with Crippen molar-refractivity contribution >= 4 is 32.4 Å². The van der Waals surface area contributed by atoms with Crippen LogP contribution in [0.25, 0.3) is 0 Å². The van der Waals surface area contributed by atoms with Gasteiger partial charge in [-0.2, -0.15) is 0 Å². The normalized spacial score (nSPS) is 18.5. The molecule has 2 rings (SSSR count). The molecule has 0 amide bonds. The van der Waals surface area contributed by atoms with Crippen molar-refractivity contribution in [1.29, 1.82) is 0 Å². The predicted molar refractivity (Wildman–Crippen MR) is 72.5 cm³/mol. The van der Waals surface area contributed by atoms with Crippen LogP contribution in [0.15, 0.2) is 27.6 Å². The van der Waals surface area contributed by atoms with Gasteiger partial charge in [0.2, 0.25) is 0 Å². The second kappa shape index (κ2) is 5.32. The molecule has 88 valence electrons. The molecule has 0 saturated carbocycles. The molecule has 4 heteroatoms. The van der Waals surface area contributed by atoms with Crippen molar-refractivity contribution in [2.24, 2.45) is 0 Å². The van der Waals surface area contributed by atoms with E-state index in [2.05, 4.69) is 26.9 Å². The first-order chi connectivity index (χ1) is 7.68. The van der Waals surface area contributed by atoms with Crippen molar-refractivity contribution in [1.82, 2.24) is 0 Å². The lowest BCUT2D eigenvalue weighted by molar-refractivity contribution is 0.575. The summed E-state index contributed by atoms with van der Waals surface area (Å²) in [6.45, 7) is 2.18. The molecule has 0 bridgehead atoms. The van der Waals surface area contributed by atoms with Gasteiger partial charge >= 0.3 is 0 Å². The summed E-state index contributed by atoms with van der Waals surface area (Å²) >= 11 is 3.44. The Hall–Kier alpha value is -0.350. The molecule has 1 aromatic carbocycles. The van der Waals surface area contributed by atoms with Gasteiger partial charge in [0.05, 0.1) is 21.4 Å². The third kappa shape index (κ3) is 2.66. The lowest BCUT2D eigenvalue weighted by atomic mass is 10.1. The van der Waals surface area contributed by atoms with Crippen LogP contribution in [-0.4, -0.2) is 23.6 Å². The Morgan fingerprint density at radius 1 is 1.25 bits per heavy atom. The quantitative estimate of drug-likeness (QED) is 0.836. The molecule has 1 fully saturated rings. The van der Waals surface area contributed by atoms with Crippen LogP contribution in [0, 0.1) is 0 Å². The summed E-state index contributed by atoms with van der Waals surface area (Å²) in [6.07, 6.45) is 5.55. The van der Waals surface area contributed by atoms with Gasteiger partial charge in [0.15, 0.2) is 0 Å². The molecule has 1 atom stereocenters. The maximum absolute atomic E-state index is 11.7. The first kappa shape index (κ1) is 12.1. The van der Waals surface area contributed by atoms with E-state index in [1.807, 2.05) is 12.1 Å². The maximum Gasteiger partial charge on any atom is 0.0629 e. The second-order valence-corrected chi connectivity index (χ2v) is 6.38. The molecule has 0 aliphatic carbocycles. The van der Waals surface area contributed by atoms with Gasteiger partial charge in [-0.1, -0.05) is 15.9 Å². The van der Waals surface area contributed by atoms with Crippen molar-refractivity contribution in [3.8, 4) is 0 Å². The molecule has 1 aromatic rings. The van der Waals surface area contributed by atoms with E-state index in [0.29, 0.717) is 0 Å². The Balaban J connectivity index is 2.34. The minimum Gasteiger partial charge on any atom is -0.371 e. The maximum atomic E-state index is 11.7. The predicted octanol–water partition coefficient (Wildman–Crippen LogP) is 3.18. The minimum atomic E-state index is -0.924. The molecular weight excluding hydrogens is 286 g/mol. The van der Waals surface area contributed by atoms with E-state index < -0.39 is 10.8 Å². The monoisotopic (exact) mass is 301 g/mol. The topological polar surface area (TPSA) is 20.3 Å². The van der Waals surface area contributed by atoms with Crippen molar-refractivity contribution in [2.45, 2.75) is 24.2 Å². The Morgan fingerprint density at radius 2 is 1.94 bits per heavy atom. The smallest absolute Gasteiger partial charge is 0.0629 e. The van der Waals surface area contributed by atoms with Gasteiger partial charge < -0.3 is 4.90 Å². The molecule has 1 heterocycles. The van der Waals surface area contributed by atoms with Crippen LogP contribution in [0.1, 0.15) is 19.3 Å². The molecule has 1 unspecified atom stereocenters. The number of hydrogen-bond acceptors (Lipinski definition) is 2. The molecule has 1 aliphatic rings. The van der Waals surface area contributed by atoms with E-state index >= 15 is 0 Å². The van der Waals surface area contributed by atoms with E-state index in [9.17, 15) is 4.21 Å². The summed E-state index contributed by atoms with van der Waals surface area (Å²) in [7, 11) is -0.924. The number of halogens is 1. The molecule has 16 heavy (non-hydrogen) atoms. The highest BCUT2D eigenvalue weighted by atomic mass is 79.9. The zero-order valence-electron chi connectivity index (χ0n) is 9.41. The third-order valence-electron chi connectivity index (χ3n) is 2.93. The summed E-state index contributed by atoms with van der Waals surface area (Å²) in [5.41, 5.74) is 1.14. The van der Waals surface area contributed by atoms with Crippen LogP contribution in [0.3, 0.4) is 0 Å². The highest BCUT2D eigenvalue weighted by molar-refractivity contribution is 9.10.